The number of nitrogen functional groups attached to an aromatic ring is 1. The van der Waals surface area contributed by atoms with Gasteiger partial charge in [0.2, 0.25) is 5.78 Å². The number of aromatic nitrogens is 1. The van der Waals surface area contributed by atoms with Gasteiger partial charge in [-0.25, -0.2) is 9.37 Å². The lowest BCUT2D eigenvalue weighted by Gasteiger charge is -2.34. The summed E-state index contributed by atoms with van der Waals surface area (Å²) in [7, 11) is 0. The molecule has 3 heterocycles. The number of nitrogens with zero attached hydrogens (tertiary/aromatic N) is 3. The standard InChI is InChI=1S/C26H30FN5OS/c1-2-31(26-30-25(28)24(34-26)23(33)18-5-7-19(27)8-6-18)14-13-17-3-11-22(12-4-17)32-15-20-9-10-21(16-32)29-20/h3-8,11-12,20-21,29H,2,9-10,13-16,28H2,1H3. The number of nitrogens with one attached hydrogen (secondary N) is 1. The Morgan fingerprint density at radius 3 is 2.47 bits per heavy atom. The quantitative estimate of drug-likeness (QED) is 0.474. The molecule has 8 heteroatoms. The molecule has 6 nitrogen and oxygen atoms in total. The van der Waals surface area contributed by atoms with Gasteiger partial charge in [-0.15, -0.1) is 0 Å². The largest absolute Gasteiger partial charge is 0.382 e. The molecule has 3 aromatic rings. The molecule has 2 atom stereocenters. The van der Waals surface area contributed by atoms with Gasteiger partial charge < -0.3 is 20.9 Å². The molecule has 0 aliphatic carbocycles. The predicted molar refractivity (Wildman–Crippen MR) is 137 cm³/mol. The van der Waals surface area contributed by atoms with Crippen LogP contribution in [0.25, 0.3) is 0 Å². The van der Waals surface area contributed by atoms with Crippen LogP contribution in [0.2, 0.25) is 0 Å². The Kier molecular flexibility index (Phi) is 6.52. The van der Waals surface area contributed by atoms with E-state index in [0.29, 0.717) is 22.5 Å². The highest BCUT2D eigenvalue weighted by molar-refractivity contribution is 7.18. The van der Waals surface area contributed by atoms with E-state index in [0.717, 1.165) is 37.7 Å². The minimum atomic E-state index is -0.375. The molecule has 0 spiro atoms. The van der Waals surface area contributed by atoms with E-state index in [1.54, 1.807) is 0 Å². The molecule has 2 bridgehead atoms. The van der Waals surface area contributed by atoms with Crippen molar-refractivity contribution in [3.63, 3.8) is 0 Å². The Morgan fingerprint density at radius 2 is 1.82 bits per heavy atom. The van der Waals surface area contributed by atoms with Gasteiger partial charge in [-0.05, 0) is 68.1 Å². The SMILES string of the molecule is CCN(CCc1ccc(N2CC3CCC(C2)N3)cc1)c1nc(N)c(C(=O)c2ccc(F)cc2)s1. The second-order valence-corrected chi connectivity index (χ2v) is 10.1. The number of piperazine rings is 1. The highest BCUT2D eigenvalue weighted by atomic mass is 32.1. The van der Waals surface area contributed by atoms with E-state index in [-0.39, 0.29) is 17.4 Å². The van der Waals surface area contributed by atoms with Crippen molar-refractivity contribution in [3.8, 4) is 0 Å². The molecule has 0 radical (unpaired) electrons. The van der Waals surface area contributed by atoms with Gasteiger partial charge in [0.25, 0.3) is 0 Å². The highest BCUT2D eigenvalue weighted by Gasteiger charge is 2.32. The lowest BCUT2D eigenvalue weighted by molar-refractivity contribution is 0.104. The number of halogens is 1. The second-order valence-electron chi connectivity index (χ2n) is 9.09. The van der Waals surface area contributed by atoms with Gasteiger partial charge in [0.1, 0.15) is 16.5 Å². The number of hydrogen-bond donors (Lipinski definition) is 2. The number of anilines is 3. The maximum Gasteiger partial charge on any atom is 0.206 e. The number of nitrogens with two attached hydrogens (primary N) is 1. The van der Waals surface area contributed by atoms with Crippen molar-refractivity contribution in [1.82, 2.24) is 10.3 Å². The van der Waals surface area contributed by atoms with Crippen molar-refractivity contribution in [3.05, 3.63) is 70.4 Å². The molecule has 2 aromatic carbocycles. The number of thiazole rings is 1. The summed E-state index contributed by atoms with van der Waals surface area (Å²) in [5, 5.41) is 4.42. The zero-order chi connectivity index (χ0) is 23.7. The van der Waals surface area contributed by atoms with Crippen LogP contribution < -0.4 is 20.9 Å². The number of hydrogen-bond acceptors (Lipinski definition) is 7. The van der Waals surface area contributed by atoms with Crippen molar-refractivity contribution in [1.29, 1.82) is 0 Å². The van der Waals surface area contributed by atoms with E-state index in [1.807, 2.05) is 0 Å². The minimum Gasteiger partial charge on any atom is -0.382 e. The number of carbonyl (C=O) groups excluding carboxylic acids is 1. The third-order valence-corrected chi connectivity index (χ3v) is 7.93. The first kappa shape index (κ1) is 22.8. The lowest BCUT2D eigenvalue weighted by atomic mass is 10.1. The van der Waals surface area contributed by atoms with E-state index in [2.05, 4.69) is 51.3 Å². The number of rotatable bonds is 8. The van der Waals surface area contributed by atoms with Crippen LogP contribution in [0.4, 0.5) is 21.0 Å². The monoisotopic (exact) mass is 479 g/mol. The van der Waals surface area contributed by atoms with Gasteiger partial charge >= 0.3 is 0 Å². The van der Waals surface area contributed by atoms with Crippen LogP contribution in [0.3, 0.4) is 0 Å². The normalized spacial score (nSPS) is 19.4. The van der Waals surface area contributed by atoms with Gasteiger partial charge in [0, 0.05) is 49.5 Å². The zero-order valence-electron chi connectivity index (χ0n) is 19.3. The molecule has 2 aliphatic heterocycles. The highest BCUT2D eigenvalue weighted by Crippen LogP contribution is 2.31. The fourth-order valence-electron chi connectivity index (χ4n) is 4.88. The number of benzene rings is 2. The summed E-state index contributed by atoms with van der Waals surface area (Å²) in [6.07, 6.45) is 3.44. The summed E-state index contributed by atoms with van der Waals surface area (Å²) in [4.78, 5) is 22.3. The summed E-state index contributed by atoms with van der Waals surface area (Å²) in [5.41, 5.74) is 9.06. The molecule has 2 unspecified atom stereocenters. The average molecular weight is 480 g/mol. The summed E-state index contributed by atoms with van der Waals surface area (Å²) in [6, 6.07) is 15.7. The zero-order valence-corrected chi connectivity index (χ0v) is 20.2. The molecule has 5 rings (SSSR count). The van der Waals surface area contributed by atoms with Gasteiger partial charge in [0.05, 0.1) is 0 Å². The van der Waals surface area contributed by atoms with Crippen LogP contribution in [-0.2, 0) is 6.42 Å². The van der Waals surface area contributed by atoms with Gasteiger partial charge in [-0.3, -0.25) is 4.79 Å². The van der Waals surface area contributed by atoms with Crippen LogP contribution in [0.5, 0.6) is 0 Å². The Balaban J connectivity index is 1.22. The summed E-state index contributed by atoms with van der Waals surface area (Å²) < 4.78 is 13.2. The van der Waals surface area contributed by atoms with E-state index < -0.39 is 0 Å². The predicted octanol–water partition coefficient (Wildman–Crippen LogP) is 4.11. The number of fused-ring (bicyclic) bond motifs is 2. The van der Waals surface area contributed by atoms with Crippen LogP contribution in [0.15, 0.2) is 48.5 Å². The third kappa shape index (κ3) is 4.79. The van der Waals surface area contributed by atoms with Crippen LogP contribution in [-0.4, -0.2) is 49.0 Å². The molecular weight excluding hydrogens is 449 g/mol. The van der Waals surface area contributed by atoms with Gasteiger partial charge in [0.15, 0.2) is 5.13 Å². The van der Waals surface area contributed by atoms with Crippen molar-refractivity contribution in [2.45, 2.75) is 38.3 Å². The average Bonchev–Trinajstić information content (AvgIpc) is 3.40. The fraction of sp³-hybridized carbons (Fsp3) is 0.385. The number of ketones is 1. The minimum absolute atomic E-state index is 0.224. The summed E-state index contributed by atoms with van der Waals surface area (Å²) >= 11 is 1.30. The molecule has 2 saturated heterocycles. The summed E-state index contributed by atoms with van der Waals surface area (Å²) in [5.74, 6) is -0.379. The van der Waals surface area contributed by atoms with E-state index in [4.69, 9.17) is 5.73 Å². The smallest absolute Gasteiger partial charge is 0.206 e. The number of carbonyl (C=O) groups is 1. The maximum absolute atomic E-state index is 13.2. The second kappa shape index (κ2) is 9.72. The summed E-state index contributed by atoms with van der Waals surface area (Å²) in [6.45, 7) is 5.79. The van der Waals surface area contributed by atoms with Crippen molar-refractivity contribution < 1.29 is 9.18 Å². The van der Waals surface area contributed by atoms with Gasteiger partial charge in [-0.2, -0.15) is 0 Å². The molecule has 0 amide bonds. The molecule has 34 heavy (non-hydrogen) atoms. The first-order valence-corrected chi connectivity index (χ1v) is 12.7. The molecule has 1 aromatic heterocycles. The van der Waals surface area contributed by atoms with Crippen LogP contribution in [0.1, 0.15) is 40.6 Å². The molecule has 178 valence electrons. The Morgan fingerprint density at radius 1 is 1.15 bits per heavy atom. The molecule has 3 N–H and O–H groups in total. The molecule has 0 saturated carbocycles. The van der Waals surface area contributed by atoms with E-state index >= 15 is 0 Å². The van der Waals surface area contributed by atoms with Gasteiger partial charge in [-0.1, -0.05) is 23.5 Å². The number of likely N-dealkylation sites (N-methyl/N-ethyl adjacent to an activating group) is 1. The van der Waals surface area contributed by atoms with E-state index in [1.165, 1.54) is 59.7 Å². The topological polar surface area (TPSA) is 74.5 Å². The van der Waals surface area contributed by atoms with Crippen molar-refractivity contribution >= 4 is 33.8 Å². The maximum atomic E-state index is 13.2. The van der Waals surface area contributed by atoms with Crippen LogP contribution >= 0.6 is 11.3 Å². The fourth-order valence-corrected chi connectivity index (χ4v) is 5.92. The third-order valence-electron chi connectivity index (χ3n) is 6.80. The Bertz CT molecular complexity index is 1140. The van der Waals surface area contributed by atoms with Crippen LogP contribution in [0, 0.1) is 5.82 Å². The first-order valence-electron chi connectivity index (χ1n) is 11.9. The molecule has 2 aliphatic rings. The lowest BCUT2D eigenvalue weighted by Crippen LogP contribution is -2.51. The molecular formula is C26H30FN5OS. The Labute approximate surface area is 203 Å². The van der Waals surface area contributed by atoms with E-state index in [9.17, 15) is 9.18 Å². The van der Waals surface area contributed by atoms with Crippen molar-refractivity contribution in [2.24, 2.45) is 0 Å². The van der Waals surface area contributed by atoms with Crippen molar-refractivity contribution in [2.75, 3.05) is 41.7 Å². The Hall–Kier alpha value is -2.97. The molecule has 2 fully saturated rings. The first-order chi connectivity index (χ1) is 16.5.